The highest BCUT2D eigenvalue weighted by Gasteiger charge is 2.22. The molecule has 0 spiro atoms. The average molecular weight is 272 g/mol. The van der Waals surface area contributed by atoms with Gasteiger partial charge in [-0.1, -0.05) is 6.07 Å². The first kappa shape index (κ1) is 13.2. The number of H-pyrrole nitrogens is 1. The van der Waals surface area contributed by atoms with Crippen molar-refractivity contribution >= 4 is 16.8 Å². The van der Waals surface area contributed by atoms with Crippen molar-refractivity contribution in [1.29, 1.82) is 0 Å². The van der Waals surface area contributed by atoms with Gasteiger partial charge in [0.15, 0.2) is 0 Å². The van der Waals surface area contributed by atoms with Gasteiger partial charge in [-0.25, -0.2) is 0 Å². The molecule has 3 rings (SSSR count). The van der Waals surface area contributed by atoms with Crippen LogP contribution in [0.1, 0.15) is 23.7 Å². The molecule has 0 saturated carbocycles. The Labute approximate surface area is 118 Å². The minimum Gasteiger partial charge on any atom is -0.381 e. The van der Waals surface area contributed by atoms with E-state index >= 15 is 0 Å². The van der Waals surface area contributed by atoms with Crippen molar-refractivity contribution in [3.8, 4) is 0 Å². The van der Waals surface area contributed by atoms with Crippen molar-refractivity contribution in [2.24, 2.45) is 5.92 Å². The number of aromatic nitrogens is 1. The van der Waals surface area contributed by atoms with Crippen LogP contribution in [0.4, 0.5) is 0 Å². The summed E-state index contributed by atoms with van der Waals surface area (Å²) in [7, 11) is 0. The number of fused-ring (bicyclic) bond motifs is 1. The van der Waals surface area contributed by atoms with Crippen LogP contribution in [0, 0.1) is 5.92 Å². The summed E-state index contributed by atoms with van der Waals surface area (Å²) in [5.74, 6) is 0.587. The Morgan fingerprint density at radius 3 is 3.10 bits per heavy atom. The molecule has 1 aliphatic heterocycles. The number of carbonyl (C=O) groups is 1. The maximum absolute atomic E-state index is 12.6. The molecule has 1 aromatic carbocycles. The summed E-state index contributed by atoms with van der Waals surface area (Å²) >= 11 is 0. The second-order valence-electron chi connectivity index (χ2n) is 5.35. The van der Waals surface area contributed by atoms with Gasteiger partial charge < -0.3 is 14.6 Å². The third-order valence-corrected chi connectivity index (χ3v) is 3.97. The average Bonchev–Trinajstić information content (AvgIpc) is 3.14. The lowest BCUT2D eigenvalue weighted by Crippen LogP contribution is -2.35. The standard InChI is InChI=1S/C16H20N2O2/c1-2-18(10-12-6-8-20-11-12)16(19)14-4-3-13-5-7-17-15(13)9-14/h3-5,7,9,12,17H,2,6,8,10-11H2,1H3. The van der Waals surface area contributed by atoms with E-state index < -0.39 is 0 Å². The lowest BCUT2D eigenvalue weighted by Gasteiger charge is -2.23. The smallest absolute Gasteiger partial charge is 0.253 e. The third-order valence-electron chi connectivity index (χ3n) is 3.97. The van der Waals surface area contributed by atoms with E-state index in [1.807, 2.05) is 42.3 Å². The first-order chi connectivity index (χ1) is 9.78. The fourth-order valence-electron chi connectivity index (χ4n) is 2.76. The van der Waals surface area contributed by atoms with Crippen LogP contribution in [0.15, 0.2) is 30.5 Å². The molecule has 1 aromatic heterocycles. The van der Waals surface area contributed by atoms with Gasteiger partial charge in [0, 0.05) is 42.9 Å². The van der Waals surface area contributed by atoms with Crippen molar-refractivity contribution in [2.75, 3.05) is 26.3 Å². The minimum atomic E-state index is 0.107. The lowest BCUT2D eigenvalue weighted by molar-refractivity contribution is 0.0731. The fourth-order valence-corrected chi connectivity index (χ4v) is 2.76. The predicted molar refractivity (Wildman–Crippen MR) is 78.8 cm³/mol. The number of benzene rings is 1. The number of nitrogens with zero attached hydrogens (tertiary/aromatic N) is 1. The number of carbonyl (C=O) groups excluding carboxylic acids is 1. The molecule has 0 radical (unpaired) electrons. The summed E-state index contributed by atoms with van der Waals surface area (Å²) in [4.78, 5) is 17.7. The van der Waals surface area contributed by atoms with E-state index in [-0.39, 0.29) is 5.91 Å². The molecule has 4 heteroatoms. The van der Waals surface area contributed by atoms with Gasteiger partial charge in [0.2, 0.25) is 0 Å². The Balaban J connectivity index is 1.77. The molecule has 20 heavy (non-hydrogen) atoms. The second kappa shape index (κ2) is 5.67. The van der Waals surface area contributed by atoms with Gasteiger partial charge in [-0.3, -0.25) is 4.79 Å². The van der Waals surface area contributed by atoms with Crippen LogP contribution in [0.25, 0.3) is 10.9 Å². The number of nitrogens with one attached hydrogen (secondary N) is 1. The van der Waals surface area contributed by atoms with E-state index in [1.165, 1.54) is 0 Å². The first-order valence-electron chi connectivity index (χ1n) is 7.22. The highest BCUT2D eigenvalue weighted by Crippen LogP contribution is 2.18. The second-order valence-corrected chi connectivity index (χ2v) is 5.35. The van der Waals surface area contributed by atoms with Gasteiger partial charge in [0.25, 0.3) is 5.91 Å². The van der Waals surface area contributed by atoms with Crippen LogP contribution in [0.3, 0.4) is 0 Å². The van der Waals surface area contributed by atoms with E-state index in [1.54, 1.807) is 0 Å². The molecule has 1 aliphatic rings. The summed E-state index contributed by atoms with van der Waals surface area (Å²) in [6.07, 6.45) is 2.95. The molecule has 0 aliphatic carbocycles. The molecule has 1 saturated heterocycles. The zero-order valence-corrected chi connectivity index (χ0v) is 11.8. The third kappa shape index (κ3) is 2.56. The van der Waals surface area contributed by atoms with Crippen LogP contribution in [0.5, 0.6) is 0 Å². The number of aromatic amines is 1. The summed E-state index contributed by atoms with van der Waals surface area (Å²) in [6.45, 7) is 5.15. The molecule has 2 aromatic rings. The van der Waals surface area contributed by atoms with E-state index in [0.29, 0.717) is 5.92 Å². The normalized spacial score (nSPS) is 18.6. The predicted octanol–water partition coefficient (Wildman–Crippen LogP) is 2.67. The molecule has 1 unspecified atom stereocenters. The van der Waals surface area contributed by atoms with Gasteiger partial charge >= 0.3 is 0 Å². The monoisotopic (exact) mass is 272 g/mol. The van der Waals surface area contributed by atoms with E-state index in [0.717, 1.165) is 49.2 Å². The number of amides is 1. The quantitative estimate of drug-likeness (QED) is 0.930. The topological polar surface area (TPSA) is 45.3 Å². The molecule has 1 atom stereocenters. The highest BCUT2D eigenvalue weighted by atomic mass is 16.5. The van der Waals surface area contributed by atoms with Crippen LogP contribution in [0.2, 0.25) is 0 Å². The van der Waals surface area contributed by atoms with E-state index in [2.05, 4.69) is 4.98 Å². The number of ether oxygens (including phenoxy) is 1. The first-order valence-corrected chi connectivity index (χ1v) is 7.22. The van der Waals surface area contributed by atoms with Crippen molar-refractivity contribution in [3.05, 3.63) is 36.0 Å². The summed E-state index contributed by atoms with van der Waals surface area (Å²) < 4.78 is 5.39. The molecular formula is C16H20N2O2. The number of hydrogen-bond donors (Lipinski definition) is 1. The molecule has 106 valence electrons. The number of rotatable bonds is 4. The maximum Gasteiger partial charge on any atom is 0.253 e. The molecule has 4 nitrogen and oxygen atoms in total. The summed E-state index contributed by atoms with van der Waals surface area (Å²) in [5.41, 5.74) is 1.76. The highest BCUT2D eigenvalue weighted by molar-refractivity contribution is 5.97. The summed E-state index contributed by atoms with van der Waals surface area (Å²) in [6, 6.07) is 7.85. The van der Waals surface area contributed by atoms with Crippen LogP contribution >= 0.6 is 0 Å². The maximum atomic E-state index is 12.6. The Morgan fingerprint density at radius 2 is 2.35 bits per heavy atom. The Bertz CT molecular complexity index is 599. The van der Waals surface area contributed by atoms with Gasteiger partial charge in [0.1, 0.15) is 0 Å². The zero-order chi connectivity index (χ0) is 13.9. The number of hydrogen-bond acceptors (Lipinski definition) is 2. The van der Waals surface area contributed by atoms with Gasteiger partial charge in [0.05, 0.1) is 6.61 Å². The Kier molecular flexibility index (Phi) is 3.74. The van der Waals surface area contributed by atoms with Gasteiger partial charge in [-0.15, -0.1) is 0 Å². The van der Waals surface area contributed by atoms with Crippen molar-refractivity contribution in [2.45, 2.75) is 13.3 Å². The van der Waals surface area contributed by atoms with E-state index in [9.17, 15) is 4.79 Å². The Hall–Kier alpha value is -1.81. The lowest BCUT2D eigenvalue weighted by atomic mass is 10.1. The molecular weight excluding hydrogens is 252 g/mol. The van der Waals surface area contributed by atoms with Crippen LogP contribution in [-0.4, -0.2) is 42.1 Å². The fraction of sp³-hybridized carbons (Fsp3) is 0.438. The van der Waals surface area contributed by atoms with Crippen molar-refractivity contribution in [3.63, 3.8) is 0 Å². The molecule has 0 bridgehead atoms. The zero-order valence-electron chi connectivity index (χ0n) is 11.8. The Morgan fingerprint density at radius 1 is 1.45 bits per heavy atom. The van der Waals surface area contributed by atoms with E-state index in [4.69, 9.17) is 4.74 Å². The molecule has 1 fully saturated rings. The summed E-state index contributed by atoms with van der Waals surface area (Å²) in [5, 5.41) is 1.13. The van der Waals surface area contributed by atoms with Crippen LogP contribution in [-0.2, 0) is 4.74 Å². The van der Waals surface area contributed by atoms with Gasteiger partial charge in [-0.05, 0) is 36.9 Å². The minimum absolute atomic E-state index is 0.107. The molecule has 1 amide bonds. The largest absolute Gasteiger partial charge is 0.381 e. The van der Waals surface area contributed by atoms with Crippen molar-refractivity contribution in [1.82, 2.24) is 9.88 Å². The molecule has 2 heterocycles. The van der Waals surface area contributed by atoms with Gasteiger partial charge in [-0.2, -0.15) is 0 Å². The van der Waals surface area contributed by atoms with Crippen LogP contribution < -0.4 is 0 Å². The van der Waals surface area contributed by atoms with Crippen molar-refractivity contribution < 1.29 is 9.53 Å². The SMILES string of the molecule is CCN(CC1CCOC1)C(=O)c1ccc2cc[nH]c2c1. The molecule has 1 N–H and O–H groups in total.